The van der Waals surface area contributed by atoms with Gasteiger partial charge in [0.1, 0.15) is 0 Å². The zero-order chi connectivity index (χ0) is 17.3. The molecule has 4 nitrogen and oxygen atoms in total. The number of carbonyl (C=O) groups excluding carboxylic acids is 2. The minimum Gasteiger partial charge on any atom is -0.503 e. The topological polar surface area (TPSA) is 57.6 Å². The molecule has 1 atom stereocenters. The normalized spacial score (nSPS) is 22.3. The number of aliphatic hydroxyl groups is 1. The molecule has 1 aromatic carbocycles. The van der Waals surface area contributed by atoms with Crippen LogP contribution < -0.4 is 4.90 Å². The van der Waals surface area contributed by atoms with E-state index in [9.17, 15) is 14.7 Å². The van der Waals surface area contributed by atoms with Gasteiger partial charge in [-0.1, -0.05) is 38.3 Å². The average molecular weight is 327 g/mol. The number of rotatable bonds is 4. The van der Waals surface area contributed by atoms with Crippen LogP contribution in [0.5, 0.6) is 0 Å². The molecule has 4 heteroatoms. The van der Waals surface area contributed by atoms with Gasteiger partial charge in [0, 0.05) is 5.69 Å². The molecule has 0 spiro atoms. The second-order valence-corrected chi connectivity index (χ2v) is 6.86. The van der Waals surface area contributed by atoms with Gasteiger partial charge in [0.2, 0.25) is 0 Å². The van der Waals surface area contributed by atoms with E-state index in [-0.39, 0.29) is 23.5 Å². The number of nitrogens with zero attached hydrogens (tertiary/aromatic N) is 1. The van der Waals surface area contributed by atoms with Gasteiger partial charge in [-0.25, -0.2) is 0 Å². The smallest absolute Gasteiger partial charge is 0.294 e. The van der Waals surface area contributed by atoms with Crippen LogP contribution >= 0.6 is 0 Å². The molecule has 1 N–H and O–H groups in total. The summed E-state index contributed by atoms with van der Waals surface area (Å²) in [7, 11) is 0. The highest BCUT2D eigenvalue weighted by atomic mass is 16.3. The van der Waals surface area contributed by atoms with Crippen molar-refractivity contribution in [1.29, 1.82) is 0 Å². The fourth-order valence-electron chi connectivity index (χ4n) is 4.07. The van der Waals surface area contributed by atoms with Crippen LogP contribution in [0, 0.1) is 5.92 Å². The number of Topliss-reactive ketones (excluding diaryl/α,β-unsaturated/α-hetero) is 1. The SMILES string of the molecule is CCc1ccc(N2C(=O)C(O)=C(C(C)=O)[C@@H]2C2CCCCC2)cc1. The van der Waals surface area contributed by atoms with Crippen molar-refractivity contribution in [2.24, 2.45) is 5.92 Å². The van der Waals surface area contributed by atoms with Crippen molar-refractivity contribution in [2.75, 3.05) is 4.90 Å². The molecule has 128 valence electrons. The summed E-state index contributed by atoms with van der Waals surface area (Å²) in [5.41, 5.74) is 2.26. The average Bonchev–Trinajstić information content (AvgIpc) is 2.87. The molecule has 2 aliphatic rings. The van der Waals surface area contributed by atoms with Crippen molar-refractivity contribution in [2.45, 2.75) is 58.4 Å². The molecule has 1 amide bonds. The second kappa shape index (κ2) is 6.80. The molecule has 1 fully saturated rings. The fraction of sp³-hybridized carbons (Fsp3) is 0.500. The maximum atomic E-state index is 12.7. The summed E-state index contributed by atoms with van der Waals surface area (Å²) in [6.45, 7) is 3.53. The van der Waals surface area contributed by atoms with Gasteiger partial charge in [0.15, 0.2) is 11.5 Å². The molecule has 0 saturated heterocycles. The predicted molar refractivity (Wildman–Crippen MR) is 94.0 cm³/mol. The highest BCUT2D eigenvalue weighted by Crippen LogP contribution is 2.40. The maximum absolute atomic E-state index is 12.7. The summed E-state index contributed by atoms with van der Waals surface area (Å²) < 4.78 is 0. The van der Waals surface area contributed by atoms with E-state index in [2.05, 4.69) is 6.92 Å². The first-order valence-corrected chi connectivity index (χ1v) is 8.91. The Balaban J connectivity index is 2.01. The van der Waals surface area contributed by atoms with E-state index in [1.807, 2.05) is 24.3 Å². The van der Waals surface area contributed by atoms with Gasteiger partial charge in [0.05, 0.1) is 11.6 Å². The summed E-state index contributed by atoms with van der Waals surface area (Å²) in [5, 5.41) is 10.3. The first-order valence-electron chi connectivity index (χ1n) is 8.91. The number of hydrogen-bond acceptors (Lipinski definition) is 3. The van der Waals surface area contributed by atoms with E-state index in [0.717, 1.165) is 37.8 Å². The molecule has 24 heavy (non-hydrogen) atoms. The Labute approximate surface area is 143 Å². The Morgan fingerprint density at radius 2 is 1.79 bits per heavy atom. The summed E-state index contributed by atoms with van der Waals surface area (Å²) >= 11 is 0. The molecule has 1 aromatic rings. The van der Waals surface area contributed by atoms with Crippen LogP contribution in [0.4, 0.5) is 5.69 Å². The zero-order valence-corrected chi connectivity index (χ0v) is 14.4. The van der Waals surface area contributed by atoms with Crippen LogP contribution in [0.25, 0.3) is 0 Å². The molecule has 1 aliphatic heterocycles. The molecular formula is C20H25NO3. The number of ketones is 1. The lowest BCUT2D eigenvalue weighted by Crippen LogP contribution is -2.42. The van der Waals surface area contributed by atoms with E-state index < -0.39 is 5.91 Å². The molecule has 0 aromatic heterocycles. The largest absolute Gasteiger partial charge is 0.503 e. The van der Waals surface area contributed by atoms with Crippen LogP contribution in [0.3, 0.4) is 0 Å². The molecule has 1 saturated carbocycles. The van der Waals surface area contributed by atoms with Crippen molar-refractivity contribution in [1.82, 2.24) is 0 Å². The third-order valence-corrected chi connectivity index (χ3v) is 5.35. The summed E-state index contributed by atoms with van der Waals surface area (Å²) in [6, 6.07) is 7.52. The lowest BCUT2D eigenvalue weighted by atomic mass is 9.80. The van der Waals surface area contributed by atoms with Crippen molar-refractivity contribution >= 4 is 17.4 Å². The lowest BCUT2D eigenvalue weighted by Gasteiger charge is -2.35. The van der Waals surface area contributed by atoms with Gasteiger partial charge in [0.25, 0.3) is 5.91 Å². The van der Waals surface area contributed by atoms with Gasteiger partial charge in [-0.05, 0) is 49.8 Å². The number of aliphatic hydroxyl groups excluding tert-OH is 1. The highest BCUT2D eigenvalue weighted by molar-refractivity contribution is 6.16. The van der Waals surface area contributed by atoms with Crippen molar-refractivity contribution in [3.8, 4) is 0 Å². The first-order chi connectivity index (χ1) is 11.5. The van der Waals surface area contributed by atoms with Gasteiger partial charge >= 0.3 is 0 Å². The van der Waals surface area contributed by atoms with Crippen LogP contribution in [-0.4, -0.2) is 22.8 Å². The van der Waals surface area contributed by atoms with E-state index in [1.165, 1.54) is 18.9 Å². The van der Waals surface area contributed by atoms with Gasteiger partial charge in [-0.3, -0.25) is 14.5 Å². The highest BCUT2D eigenvalue weighted by Gasteiger charge is 2.46. The second-order valence-electron chi connectivity index (χ2n) is 6.86. The number of hydrogen-bond donors (Lipinski definition) is 1. The van der Waals surface area contributed by atoms with E-state index in [4.69, 9.17) is 0 Å². The Morgan fingerprint density at radius 1 is 1.17 bits per heavy atom. The molecule has 3 rings (SSSR count). The lowest BCUT2D eigenvalue weighted by molar-refractivity contribution is -0.117. The van der Waals surface area contributed by atoms with E-state index in [1.54, 1.807) is 4.90 Å². The Hall–Kier alpha value is -2.10. The van der Waals surface area contributed by atoms with Crippen molar-refractivity contribution < 1.29 is 14.7 Å². The molecule has 1 heterocycles. The van der Waals surface area contributed by atoms with Crippen LogP contribution in [0.1, 0.15) is 51.5 Å². The standard InChI is InChI=1S/C20H25NO3/c1-3-14-9-11-16(12-10-14)21-18(15-7-5-4-6-8-15)17(13(2)22)19(23)20(21)24/h9-12,15,18,23H,3-8H2,1-2H3/t18-/m0/s1. The van der Waals surface area contributed by atoms with Gasteiger partial charge < -0.3 is 5.11 Å². The third kappa shape index (κ3) is 2.85. The minimum atomic E-state index is -0.444. The Morgan fingerprint density at radius 3 is 2.33 bits per heavy atom. The van der Waals surface area contributed by atoms with Crippen molar-refractivity contribution in [3.05, 3.63) is 41.2 Å². The number of carbonyl (C=O) groups is 2. The van der Waals surface area contributed by atoms with Crippen LogP contribution in [0.2, 0.25) is 0 Å². The van der Waals surface area contributed by atoms with Gasteiger partial charge in [-0.2, -0.15) is 0 Å². The van der Waals surface area contributed by atoms with E-state index >= 15 is 0 Å². The summed E-state index contributed by atoms with van der Waals surface area (Å²) in [5.74, 6) is -0.779. The molecule has 0 bridgehead atoms. The summed E-state index contributed by atoms with van der Waals surface area (Å²) in [6.07, 6.45) is 6.35. The number of amides is 1. The van der Waals surface area contributed by atoms with Crippen molar-refractivity contribution in [3.63, 3.8) is 0 Å². The van der Waals surface area contributed by atoms with Gasteiger partial charge in [-0.15, -0.1) is 0 Å². The first kappa shape index (κ1) is 16.7. The third-order valence-electron chi connectivity index (χ3n) is 5.35. The minimum absolute atomic E-state index is 0.205. The zero-order valence-electron chi connectivity index (χ0n) is 14.4. The monoisotopic (exact) mass is 327 g/mol. The van der Waals surface area contributed by atoms with E-state index in [0.29, 0.717) is 5.57 Å². The van der Waals surface area contributed by atoms with Crippen LogP contribution in [-0.2, 0) is 16.0 Å². The fourth-order valence-corrected chi connectivity index (χ4v) is 4.07. The molecular weight excluding hydrogens is 302 g/mol. The Kier molecular flexibility index (Phi) is 4.74. The number of anilines is 1. The van der Waals surface area contributed by atoms with Crippen LogP contribution in [0.15, 0.2) is 35.6 Å². The maximum Gasteiger partial charge on any atom is 0.294 e. The predicted octanol–water partition coefficient (Wildman–Crippen LogP) is 3.95. The molecule has 1 aliphatic carbocycles. The summed E-state index contributed by atoms with van der Waals surface area (Å²) in [4.78, 5) is 26.5. The Bertz CT molecular complexity index is 669. The molecule has 0 unspecified atom stereocenters. The quantitative estimate of drug-likeness (QED) is 0.911. The molecule has 0 radical (unpaired) electrons. The number of aryl methyl sites for hydroxylation is 1. The number of benzene rings is 1.